The van der Waals surface area contributed by atoms with Gasteiger partial charge in [-0.05, 0) is 6.92 Å². The molecular formula is C46H90CoNO9P. The molecular weight excluding hydrogens is 800 g/mol. The monoisotopic (exact) mass is 891 g/mol. The van der Waals surface area contributed by atoms with E-state index in [9.17, 15) is 27.7 Å². The minimum atomic E-state index is -4.52. The van der Waals surface area contributed by atoms with Crippen LogP contribution in [0.3, 0.4) is 0 Å². The number of unbranched alkanes of at least 4 members (excludes halogenated alkanes) is 28. The average molecular weight is 891 g/mol. The summed E-state index contributed by atoms with van der Waals surface area (Å²) in [4.78, 5) is 46.0. The summed E-state index contributed by atoms with van der Waals surface area (Å²) in [6.45, 7) is 5.31. The van der Waals surface area contributed by atoms with Crippen LogP contribution in [0.2, 0.25) is 10.7 Å². The molecule has 0 radical (unpaired) electrons. The third kappa shape index (κ3) is 43.1. The Morgan fingerprint density at radius 1 is 0.569 bits per heavy atom. The number of carbonyl (C=O) groups excluding carboxylic acids is 3. The Morgan fingerprint density at radius 2 is 0.983 bits per heavy atom. The number of hydrogen-bond acceptors (Lipinski definition) is 8. The zero-order valence-electron chi connectivity index (χ0n) is 37.6. The number of hydrogen-bond donors (Lipinski definition) is 2. The quantitative estimate of drug-likeness (QED) is 0.0346. The van der Waals surface area contributed by atoms with E-state index in [1.165, 1.54) is 155 Å². The SMILES string of the molecule is CCCCCCCCCCCCCCCCCC(=O)OC(COP(=O)(O)OCCNC(=O)CCCC(C)=O)[CH2][Co](=[O])[CH2]CCCCCCCCCCCCCCCC. The summed E-state index contributed by atoms with van der Waals surface area (Å²) in [5.41, 5.74) is 0. The zero-order valence-corrected chi connectivity index (χ0v) is 39.6. The van der Waals surface area contributed by atoms with Crippen molar-refractivity contribution in [2.45, 2.75) is 256 Å². The van der Waals surface area contributed by atoms with Crippen LogP contribution in [-0.4, -0.2) is 48.4 Å². The fourth-order valence-corrected chi connectivity index (χ4v) is 9.33. The van der Waals surface area contributed by atoms with Gasteiger partial charge in [0.05, 0.1) is 0 Å². The van der Waals surface area contributed by atoms with Crippen LogP contribution in [0.25, 0.3) is 0 Å². The molecule has 0 heterocycles. The van der Waals surface area contributed by atoms with Crippen molar-refractivity contribution in [3.8, 4) is 0 Å². The minimum absolute atomic E-state index is 0.00448. The molecule has 347 valence electrons. The molecule has 2 unspecified atom stereocenters. The molecule has 10 nitrogen and oxygen atoms in total. The van der Waals surface area contributed by atoms with Crippen molar-refractivity contribution in [1.82, 2.24) is 5.32 Å². The predicted octanol–water partition coefficient (Wildman–Crippen LogP) is 13.8. The number of Topliss-reactive ketones (excluding diaryl/α,β-unsaturated/α-hetero) is 1. The molecule has 0 aliphatic rings. The van der Waals surface area contributed by atoms with Gasteiger partial charge in [-0.1, -0.05) is 90.9 Å². The van der Waals surface area contributed by atoms with Crippen molar-refractivity contribution < 1.29 is 55.1 Å². The molecule has 0 aromatic rings. The van der Waals surface area contributed by atoms with E-state index >= 15 is 0 Å². The van der Waals surface area contributed by atoms with Crippen LogP contribution in [0.4, 0.5) is 0 Å². The maximum atomic E-state index is 13.1. The number of phosphoric acid groups is 1. The van der Waals surface area contributed by atoms with E-state index in [0.29, 0.717) is 24.6 Å². The number of amides is 1. The molecule has 2 N–H and O–H groups in total. The van der Waals surface area contributed by atoms with E-state index in [0.717, 1.165) is 38.5 Å². The summed E-state index contributed by atoms with van der Waals surface area (Å²) in [5.74, 6) is -0.685. The Morgan fingerprint density at radius 3 is 1.41 bits per heavy atom. The summed E-state index contributed by atoms with van der Waals surface area (Å²) in [6, 6.07) is 0. The van der Waals surface area contributed by atoms with Crippen LogP contribution in [-0.2, 0) is 50.2 Å². The molecule has 0 saturated carbocycles. The molecule has 0 saturated heterocycles. The molecule has 0 rings (SSSR count). The number of esters is 1. The van der Waals surface area contributed by atoms with Crippen molar-refractivity contribution in [2.75, 3.05) is 19.8 Å². The van der Waals surface area contributed by atoms with Gasteiger partial charge in [-0.2, -0.15) is 0 Å². The van der Waals surface area contributed by atoms with Gasteiger partial charge in [-0.25, -0.2) is 0 Å². The van der Waals surface area contributed by atoms with Gasteiger partial charge in [0, 0.05) is 6.42 Å². The van der Waals surface area contributed by atoms with Crippen LogP contribution in [0, 0.1) is 0 Å². The van der Waals surface area contributed by atoms with Gasteiger partial charge in [0.2, 0.25) is 0 Å². The van der Waals surface area contributed by atoms with E-state index < -0.39 is 40.1 Å². The molecule has 0 aliphatic heterocycles. The summed E-state index contributed by atoms with van der Waals surface area (Å²) in [5, 5.41) is 3.16. The molecule has 1 amide bonds. The fourth-order valence-electron chi connectivity index (χ4n) is 6.96. The first-order chi connectivity index (χ1) is 28.1. The summed E-state index contributed by atoms with van der Waals surface area (Å²) in [7, 11) is -4.52. The molecule has 0 aromatic carbocycles. The minimum Gasteiger partial charge on any atom is -0.0654 e. The van der Waals surface area contributed by atoms with Gasteiger partial charge >= 0.3 is 247 Å². The van der Waals surface area contributed by atoms with Crippen LogP contribution in [0.1, 0.15) is 239 Å². The smallest absolute Gasteiger partial charge is 0.0654 e. The number of nitrogens with one attached hydrogen (secondary N) is 1. The standard InChI is InChI=1S/C29H55NO8P.C17H35.Co.O/c1-4-5-6-7-8-9-10-11-12-13-14-15-16-17-18-22-29(33)38-27(3)25-37-39(34,35)36-24-23-30-28(32)21-19-20-26(2)31;1-3-5-7-9-11-13-15-17-16-14-12-10-8-6-4-2;;/h27H,3-25H2,1-2H3,(H,30,32)(H,34,35);1,3-17H2,2H3;;. The van der Waals surface area contributed by atoms with Gasteiger partial charge in [0.1, 0.15) is 5.78 Å². The number of ketones is 1. The van der Waals surface area contributed by atoms with Gasteiger partial charge in [-0.3, -0.25) is 0 Å². The second kappa shape index (κ2) is 42.7. The second-order valence-electron chi connectivity index (χ2n) is 16.4. The Hall–Kier alpha value is -0.974. The third-order valence-electron chi connectivity index (χ3n) is 10.5. The van der Waals surface area contributed by atoms with E-state index in [2.05, 4.69) is 19.2 Å². The molecule has 0 fully saturated rings. The first-order valence-electron chi connectivity index (χ1n) is 23.9. The Bertz CT molecular complexity index is 999. The maximum absolute atomic E-state index is 13.1. The first kappa shape index (κ1) is 57.0. The van der Waals surface area contributed by atoms with Gasteiger partial charge in [0.25, 0.3) is 0 Å². The normalized spacial score (nSPS) is 13.3. The molecule has 2 atom stereocenters. The fraction of sp³-hybridized carbons (Fsp3) is 0.935. The molecule has 58 heavy (non-hydrogen) atoms. The van der Waals surface area contributed by atoms with Gasteiger partial charge in [0.15, 0.2) is 0 Å². The van der Waals surface area contributed by atoms with Crippen molar-refractivity contribution >= 4 is 25.5 Å². The van der Waals surface area contributed by atoms with Crippen molar-refractivity contribution in [3.05, 3.63) is 0 Å². The van der Waals surface area contributed by atoms with Gasteiger partial charge < -0.3 is 4.79 Å². The zero-order chi connectivity index (χ0) is 42.8. The summed E-state index contributed by atoms with van der Waals surface area (Å²) in [6.07, 6.45) is 37.6. The Kier molecular flexibility index (Phi) is 42.0. The molecule has 12 heteroatoms. The van der Waals surface area contributed by atoms with Crippen molar-refractivity contribution in [3.63, 3.8) is 0 Å². The van der Waals surface area contributed by atoms with Crippen LogP contribution in [0.15, 0.2) is 0 Å². The summed E-state index contributed by atoms with van der Waals surface area (Å²) >= 11 is -1.67. The van der Waals surface area contributed by atoms with Crippen LogP contribution in [0.5, 0.6) is 0 Å². The first-order valence-corrected chi connectivity index (χ1v) is 27.3. The molecule has 0 aromatic heterocycles. The molecule has 0 bridgehead atoms. The van der Waals surface area contributed by atoms with E-state index in [-0.39, 0.29) is 43.0 Å². The van der Waals surface area contributed by atoms with E-state index in [1.807, 2.05) is 0 Å². The van der Waals surface area contributed by atoms with Crippen molar-refractivity contribution in [1.29, 1.82) is 0 Å². The van der Waals surface area contributed by atoms with Crippen LogP contribution >= 0.6 is 7.82 Å². The molecule has 0 aliphatic carbocycles. The summed E-state index contributed by atoms with van der Waals surface area (Å²) < 4.78 is 41.5. The average Bonchev–Trinajstić information content (AvgIpc) is 3.18. The van der Waals surface area contributed by atoms with E-state index in [4.69, 9.17) is 13.8 Å². The van der Waals surface area contributed by atoms with Gasteiger partial charge in [-0.15, -0.1) is 0 Å². The van der Waals surface area contributed by atoms with Crippen LogP contribution < -0.4 is 5.32 Å². The second-order valence-corrected chi connectivity index (χ2v) is 19.9. The number of carbonyl (C=O) groups is 3. The number of rotatable bonds is 46. The predicted molar refractivity (Wildman–Crippen MR) is 234 cm³/mol. The van der Waals surface area contributed by atoms with E-state index in [1.54, 1.807) is 0 Å². The third-order valence-corrected chi connectivity index (χ3v) is 13.4. The Balaban J connectivity index is 4.48. The Labute approximate surface area is 360 Å². The topological polar surface area (TPSA) is 145 Å². The number of ether oxygens (including phenoxy) is 1. The molecule has 0 spiro atoms. The number of phosphoric ester groups is 1. The van der Waals surface area contributed by atoms with Crippen molar-refractivity contribution in [2.24, 2.45) is 0 Å².